The van der Waals surface area contributed by atoms with E-state index in [9.17, 15) is 9.59 Å². The molecule has 1 fully saturated rings. The van der Waals surface area contributed by atoms with Crippen LogP contribution in [0.15, 0.2) is 18.2 Å². The van der Waals surface area contributed by atoms with Crippen molar-refractivity contribution < 1.29 is 14.3 Å². The lowest BCUT2D eigenvalue weighted by Crippen LogP contribution is -2.52. The Balaban J connectivity index is 1.63. The molecular weight excluding hydrogens is 304 g/mol. The van der Waals surface area contributed by atoms with Gasteiger partial charge in [-0.25, -0.2) is 0 Å². The first-order valence-electron chi connectivity index (χ1n) is 7.50. The van der Waals surface area contributed by atoms with Crippen LogP contribution in [0.5, 0.6) is 5.75 Å². The Hall–Kier alpha value is -1.75. The van der Waals surface area contributed by atoms with Gasteiger partial charge in [-0.3, -0.25) is 9.59 Å². The van der Waals surface area contributed by atoms with Gasteiger partial charge in [-0.2, -0.15) is 0 Å². The molecule has 1 aromatic carbocycles. The smallest absolute Gasteiger partial charge is 0.229 e. The number of carbonyl (C=O) groups excluding carboxylic acids is 2. The standard InChI is InChI=1S/C16H19ClN2O3/c1-11(20)18-4-6-19(7-5-18)16(21)13-8-12-9-14(17)2-3-15(12)22-10-13/h2-3,9,13H,4-8,10H2,1H3/t13-/m0/s1. The van der Waals surface area contributed by atoms with Crippen molar-refractivity contribution >= 4 is 23.4 Å². The van der Waals surface area contributed by atoms with Crippen LogP contribution < -0.4 is 4.74 Å². The number of nitrogens with zero attached hydrogens (tertiary/aromatic N) is 2. The zero-order valence-corrected chi connectivity index (χ0v) is 13.3. The minimum Gasteiger partial charge on any atom is -0.492 e. The summed E-state index contributed by atoms with van der Waals surface area (Å²) in [6.45, 7) is 4.37. The Labute approximate surface area is 134 Å². The molecule has 0 spiro atoms. The van der Waals surface area contributed by atoms with Crippen molar-refractivity contribution in [2.75, 3.05) is 32.8 Å². The van der Waals surface area contributed by atoms with Gasteiger partial charge in [-0.05, 0) is 30.2 Å². The number of piperazine rings is 1. The summed E-state index contributed by atoms with van der Waals surface area (Å²) in [7, 11) is 0. The molecule has 2 heterocycles. The van der Waals surface area contributed by atoms with E-state index in [-0.39, 0.29) is 17.7 Å². The Morgan fingerprint density at radius 1 is 1.18 bits per heavy atom. The molecule has 118 valence electrons. The van der Waals surface area contributed by atoms with Crippen molar-refractivity contribution in [1.29, 1.82) is 0 Å². The number of fused-ring (bicyclic) bond motifs is 1. The first-order valence-corrected chi connectivity index (χ1v) is 7.88. The average Bonchev–Trinajstić information content (AvgIpc) is 2.53. The zero-order valence-electron chi connectivity index (χ0n) is 12.5. The number of hydrogen-bond donors (Lipinski definition) is 0. The summed E-state index contributed by atoms with van der Waals surface area (Å²) in [5.41, 5.74) is 0.986. The minimum atomic E-state index is -0.171. The van der Waals surface area contributed by atoms with Gasteiger partial charge >= 0.3 is 0 Å². The quantitative estimate of drug-likeness (QED) is 0.789. The number of amides is 2. The van der Waals surface area contributed by atoms with Crippen LogP contribution in [0.4, 0.5) is 0 Å². The lowest BCUT2D eigenvalue weighted by atomic mass is 9.95. The molecule has 5 nitrogen and oxygen atoms in total. The molecule has 0 aromatic heterocycles. The first-order chi connectivity index (χ1) is 10.5. The number of ether oxygens (including phenoxy) is 1. The second-order valence-electron chi connectivity index (χ2n) is 5.80. The Morgan fingerprint density at radius 2 is 1.86 bits per heavy atom. The predicted molar refractivity (Wildman–Crippen MR) is 83.0 cm³/mol. The van der Waals surface area contributed by atoms with Gasteiger partial charge < -0.3 is 14.5 Å². The fourth-order valence-corrected chi connectivity index (χ4v) is 3.22. The van der Waals surface area contributed by atoms with E-state index < -0.39 is 0 Å². The van der Waals surface area contributed by atoms with Crippen LogP contribution in [0, 0.1) is 5.92 Å². The maximum Gasteiger partial charge on any atom is 0.229 e. The van der Waals surface area contributed by atoms with Gasteiger partial charge in [-0.15, -0.1) is 0 Å². The van der Waals surface area contributed by atoms with Crippen molar-refractivity contribution in [3.05, 3.63) is 28.8 Å². The fraction of sp³-hybridized carbons (Fsp3) is 0.500. The number of rotatable bonds is 1. The third-order valence-electron chi connectivity index (χ3n) is 4.31. The van der Waals surface area contributed by atoms with E-state index in [4.69, 9.17) is 16.3 Å². The van der Waals surface area contributed by atoms with Gasteiger partial charge in [0.05, 0.1) is 5.92 Å². The minimum absolute atomic E-state index is 0.0664. The van der Waals surface area contributed by atoms with Gasteiger partial charge in [0.1, 0.15) is 12.4 Å². The Bertz CT molecular complexity index is 597. The van der Waals surface area contributed by atoms with E-state index in [0.717, 1.165) is 11.3 Å². The molecule has 1 atom stereocenters. The molecular formula is C16H19ClN2O3. The SMILES string of the molecule is CC(=O)N1CCN(C(=O)[C@@H]2COc3ccc(Cl)cc3C2)CC1. The van der Waals surface area contributed by atoms with Gasteiger partial charge in [-0.1, -0.05) is 11.6 Å². The molecule has 0 bridgehead atoms. The number of halogens is 1. The van der Waals surface area contributed by atoms with Crippen molar-refractivity contribution in [2.45, 2.75) is 13.3 Å². The van der Waals surface area contributed by atoms with Crippen molar-refractivity contribution in [2.24, 2.45) is 5.92 Å². The Morgan fingerprint density at radius 3 is 2.55 bits per heavy atom. The monoisotopic (exact) mass is 322 g/mol. The molecule has 2 amide bonds. The van der Waals surface area contributed by atoms with Crippen LogP contribution in [-0.2, 0) is 16.0 Å². The second-order valence-corrected chi connectivity index (χ2v) is 6.23. The summed E-state index contributed by atoms with van der Waals surface area (Å²) in [4.78, 5) is 27.6. The molecule has 0 radical (unpaired) electrons. The molecule has 0 aliphatic carbocycles. The Kier molecular flexibility index (Phi) is 4.25. The van der Waals surface area contributed by atoms with Gasteiger partial charge in [0.2, 0.25) is 11.8 Å². The molecule has 0 saturated carbocycles. The lowest BCUT2D eigenvalue weighted by molar-refractivity contribution is -0.142. The predicted octanol–water partition coefficient (Wildman–Crippen LogP) is 1.58. The summed E-state index contributed by atoms with van der Waals surface area (Å²) in [6.07, 6.45) is 0.654. The maximum absolute atomic E-state index is 12.6. The highest BCUT2D eigenvalue weighted by molar-refractivity contribution is 6.30. The van der Waals surface area contributed by atoms with E-state index in [0.29, 0.717) is 44.2 Å². The van der Waals surface area contributed by atoms with Crippen LogP contribution in [0.3, 0.4) is 0 Å². The topological polar surface area (TPSA) is 49.9 Å². The van der Waals surface area contributed by atoms with Crippen molar-refractivity contribution in [3.8, 4) is 5.75 Å². The normalized spacial score (nSPS) is 21.1. The lowest BCUT2D eigenvalue weighted by Gasteiger charge is -2.37. The highest BCUT2D eigenvalue weighted by Gasteiger charge is 2.31. The van der Waals surface area contributed by atoms with Crippen LogP contribution in [0.1, 0.15) is 12.5 Å². The number of benzene rings is 1. The molecule has 0 N–H and O–H groups in total. The summed E-state index contributed by atoms with van der Waals surface area (Å²) in [5.74, 6) is 0.815. The molecule has 22 heavy (non-hydrogen) atoms. The van der Waals surface area contributed by atoms with Gasteiger partial charge in [0.25, 0.3) is 0 Å². The van der Waals surface area contributed by atoms with Crippen molar-refractivity contribution in [1.82, 2.24) is 9.80 Å². The van der Waals surface area contributed by atoms with E-state index in [1.54, 1.807) is 17.9 Å². The number of hydrogen-bond acceptors (Lipinski definition) is 3. The summed E-state index contributed by atoms with van der Waals surface area (Å²) in [6, 6.07) is 5.51. The highest BCUT2D eigenvalue weighted by Crippen LogP contribution is 2.30. The highest BCUT2D eigenvalue weighted by atomic mass is 35.5. The zero-order chi connectivity index (χ0) is 15.7. The molecule has 1 aromatic rings. The molecule has 2 aliphatic rings. The first kappa shape index (κ1) is 15.2. The van der Waals surface area contributed by atoms with Crippen LogP contribution in [0.25, 0.3) is 0 Å². The number of carbonyl (C=O) groups is 2. The summed E-state index contributed by atoms with van der Waals surface area (Å²) in [5, 5.41) is 0.658. The maximum atomic E-state index is 12.6. The third kappa shape index (κ3) is 3.04. The molecule has 1 saturated heterocycles. The van der Waals surface area contributed by atoms with Crippen LogP contribution in [-0.4, -0.2) is 54.4 Å². The summed E-state index contributed by atoms with van der Waals surface area (Å²) >= 11 is 6.01. The van der Waals surface area contributed by atoms with Crippen molar-refractivity contribution in [3.63, 3.8) is 0 Å². The second kappa shape index (κ2) is 6.16. The molecule has 3 rings (SSSR count). The van der Waals surface area contributed by atoms with E-state index in [1.807, 2.05) is 17.0 Å². The van der Waals surface area contributed by atoms with E-state index in [2.05, 4.69) is 0 Å². The van der Waals surface area contributed by atoms with E-state index >= 15 is 0 Å². The third-order valence-corrected chi connectivity index (χ3v) is 4.55. The largest absolute Gasteiger partial charge is 0.492 e. The summed E-state index contributed by atoms with van der Waals surface area (Å²) < 4.78 is 5.69. The fourth-order valence-electron chi connectivity index (χ4n) is 3.02. The van der Waals surface area contributed by atoms with Gasteiger partial charge in [0, 0.05) is 38.1 Å². The molecule has 0 unspecified atom stereocenters. The van der Waals surface area contributed by atoms with Gasteiger partial charge in [0.15, 0.2) is 0 Å². The van der Waals surface area contributed by atoms with Crippen LogP contribution >= 0.6 is 11.6 Å². The molecule has 6 heteroatoms. The van der Waals surface area contributed by atoms with E-state index in [1.165, 1.54) is 0 Å². The average molecular weight is 323 g/mol. The van der Waals surface area contributed by atoms with Crippen LogP contribution in [0.2, 0.25) is 5.02 Å². The molecule has 2 aliphatic heterocycles.